The van der Waals surface area contributed by atoms with Gasteiger partial charge in [0.2, 0.25) is 0 Å². The normalized spacial score (nSPS) is 17.5. The first-order valence-corrected chi connectivity index (χ1v) is 6.18. The number of imidazole rings is 1. The van der Waals surface area contributed by atoms with Gasteiger partial charge in [0, 0.05) is 0 Å². The van der Waals surface area contributed by atoms with Crippen molar-refractivity contribution in [3.05, 3.63) is 30.1 Å². The number of rotatable bonds is 2. The van der Waals surface area contributed by atoms with Gasteiger partial charge in [0.15, 0.2) is 0 Å². The molecule has 3 N–H and O–H groups in total. The van der Waals surface area contributed by atoms with Crippen LogP contribution in [-0.4, -0.2) is 28.2 Å². The van der Waals surface area contributed by atoms with E-state index in [4.69, 9.17) is 0 Å². The number of piperidine rings is 1. The highest BCUT2D eigenvalue weighted by molar-refractivity contribution is 5.85. The van der Waals surface area contributed by atoms with E-state index in [-0.39, 0.29) is 24.8 Å². The molecular weight excluding hydrogens is 285 g/mol. The van der Waals surface area contributed by atoms with Gasteiger partial charge in [-0.15, -0.1) is 24.8 Å². The lowest BCUT2D eigenvalue weighted by Crippen LogP contribution is -2.31. The van der Waals surface area contributed by atoms with Crippen molar-refractivity contribution in [2.75, 3.05) is 13.1 Å². The Morgan fingerprint density at radius 3 is 2.53 bits per heavy atom. The highest BCUT2D eigenvalue weighted by Crippen LogP contribution is 2.28. The van der Waals surface area contributed by atoms with Crippen LogP contribution in [0.4, 0.5) is 0 Å². The van der Waals surface area contributed by atoms with Gasteiger partial charge >= 0.3 is 0 Å². The molecule has 1 unspecified atom stereocenters. The zero-order valence-electron chi connectivity index (χ0n) is 10.5. The fraction of sp³-hybridized carbons (Fsp3) is 0.462. The van der Waals surface area contributed by atoms with E-state index in [0.717, 1.165) is 37.0 Å². The molecule has 3 rings (SSSR count). The Hall–Kier alpha value is -0.810. The SMILES string of the molecule is Cl.Cl.OC(c1nc2ccccc2[nH]1)C1CCNCC1. The van der Waals surface area contributed by atoms with Gasteiger partial charge in [-0.05, 0) is 44.0 Å². The molecule has 4 nitrogen and oxygen atoms in total. The number of aromatic amines is 1. The second kappa shape index (κ2) is 7.10. The number of aromatic nitrogens is 2. The standard InChI is InChI=1S/C13H17N3O.2ClH/c17-12(9-5-7-14-8-6-9)13-15-10-3-1-2-4-11(10)16-13;;/h1-4,9,12,14,17H,5-8H2,(H,15,16);2*1H. The number of nitrogens with zero attached hydrogens (tertiary/aromatic N) is 1. The van der Waals surface area contributed by atoms with E-state index >= 15 is 0 Å². The van der Waals surface area contributed by atoms with Crippen molar-refractivity contribution in [3.63, 3.8) is 0 Å². The Balaban J connectivity index is 0.000000902. The third kappa shape index (κ3) is 3.39. The van der Waals surface area contributed by atoms with E-state index < -0.39 is 6.10 Å². The van der Waals surface area contributed by atoms with Gasteiger partial charge in [-0.1, -0.05) is 12.1 Å². The number of fused-ring (bicyclic) bond motifs is 1. The first kappa shape index (κ1) is 16.2. The van der Waals surface area contributed by atoms with Crippen LogP contribution in [0, 0.1) is 5.92 Å². The third-order valence-corrected chi connectivity index (χ3v) is 3.52. The summed E-state index contributed by atoms with van der Waals surface area (Å²) in [5.74, 6) is 1.02. The summed E-state index contributed by atoms with van der Waals surface area (Å²) in [7, 11) is 0. The number of H-pyrrole nitrogens is 1. The van der Waals surface area contributed by atoms with E-state index in [1.54, 1.807) is 0 Å². The van der Waals surface area contributed by atoms with Crippen LogP contribution in [0.25, 0.3) is 11.0 Å². The highest BCUT2D eigenvalue weighted by atomic mass is 35.5. The Kier molecular flexibility index (Phi) is 6.07. The molecule has 2 heterocycles. The smallest absolute Gasteiger partial charge is 0.136 e. The van der Waals surface area contributed by atoms with Gasteiger partial charge in [0.25, 0.3) is 0 Å². The van der Waals surface area contributed by atoms with Crippen molar-refractivity contribution in [3.8, 4) is 0 Å². The van der Waals surface area contributed by atoms with E-state index in [0.29, 0.717) is 11.7 Å². The number of aliphatic hydroxyl groups is 1. The van der Waals surface area contributed by atoms with Crippen molar-refractivity contribution in [2.45, 2.75) is 18.9 Å². The minimum absolute atomic E-state index is 0. The van der Waals surface area contributed by atoms with Gasteiger partial charge in [0.1, 0.15) is 11.9 Å². The molecule has 1 atom stereocenters. The molecule has 0 spiro atoms. The third-order valence-electron chi connectivity index (χ3n) is 3.52. The number of hydrogen-bond acceptors (Lipinski definition) is 3. The van der Waals surface area contributed by atoms with Crippen LogP contribution in [0.5, 0.6) is 0 Å². The molecule has 1 aliphatic heterocycles. The number of hydrogen-bond donors (Lipinski definition) is 3. The molecule has 2 aromatic rings. The van der Waals surface area contributed by atoms with Crippen molar-refractivity contribution in [2.24, 2.45) is 5.92 Å². The van der Waals surface area contributed by atoms with Crippen LogP contribution in [0.15, 0.2) is 24.3 Å². The van der Waals surface area contributed by atoms with Crippen LogP contribution >= 0.6 is 24.8 Å². The second-order valence-electron chi connectivity index (χ2n) is 4.67. The molecule has 1 aromatic carbocycles. The molecule has 6 heteroatoms. The summed E-state index contributed by atoms with van der Waals surface area (Å²) in [5, 5.41) is 13.6. The van der Waals surface area contributed by atoms with E-state index in [9.17, 15) is 5.11 Å². The maximum absolute atomic E-state index is 10.3. The zero-order chi connectivity index (χ0) is 11.7. The minimum atomic E-state index is -0.468. The molecule has 0 bridgehead atoms. The predicted octanol–water partition coefficient (Wildman–Crippen LogP) is 2.44. The topological polar surface area (TPSA) is 60.9 Å². The molecule has 1 saturated heterocycles. The van der Waals surface area contributed by atoms with Crippen molar-refractivity contribution in [1.29, 1.82) is 0 Å². The van der Waals surface area contributed by atoms with Gasteiger partial charge in [-0.3, -0.25) is 0 Å². The monoisotopic (exact) mass is 303 g/mol. The Bertz CT molecular complexity index is 478. The minimum Gasteiger partial charge on any atom is -0.385 e. The fourth-order valence-corrected chi connectivity index (χ4v) is 2.50. The zero-order valence-corrected chi connectivity index (χ0v) is 12.1. The van der Waals surface area contributed by atoms with Crippen molar-refractivity contribution >= 4 is 35.8 Å². The average Bonchev–Trinajstić information content (AvgIpc) is 2.82. The fourth-order valence-electron chi connectivity index (χ4n) is 2.50. The lowest BCUT2D eigenvalue weighted by molar-refractivity contribution is 0.0821. The number of nitrogens with one attached hydrogen (secondary N) is 2. The molecule has 1 aromatic heterocycles. The largest absolute Gasteiger partial charge is 0.385 e. The Labute approximate surface area is 124 Å². The summed E-state index contributed by atoms with van der Waals surface area (Å²) in [5.41, 5.74) is 1.92. The van der Waals surface area contributed by atoms with E-state index in [2.05, 4.69) is 15.3 Å². The first-order chi connectivity index (χ1) is 8.34. The summed E-state index contributed by atoms with van der Waals surface area (Å²) >= 11 is 0. The summed E-state index contributed by atoms with van der Waals surface area (Å²) in [6.45, 7) is 1.98. The lowest BCUT2D eigenvalue weighted by Gasteiger charge is -2.25. The maximum atomic E-state index is 10.3. The molecule has 1 aliphatic rings. The number of halogens is 2. The molecule has 0 radical (unpaired) electrons. The van der Waals surface area contributed by atoms with Gasteiger partial charge in [0.05, 0.1) is 11.0 Å². The van der Waals surface area contributed by atoms with Gasteiger partial charge in [-0.2, -0.15) is 0 Å². The molecule has 19 heavy (non-hydrogen) atoms. The van der Waals surface area contributed by atoms with Crippen LogP contribution in [0.2, 0.25) is 0 Å². The quantitative estimate of drug-likeness (QED) is 0.798. The molecule has 0 saturated carbocycles. The molecule has 106 valence electrons. The number of aliphatic hydroxyl groups excluding tert-OH is 1. The molecule has 1 fully saturated rings. The Morgan fingerprint density at radius 2 is 1.84 bits per heavy atom. The van der Waals surface area contributed by atoms with Crippen LogP contribution in [-0.2, 0) is 0 Å². The van der Waals surface area contributed by atoms with E-state index in [1.807, 2.05) is 24.3 Å². The van der Waals surface area contributed by atoms with Crippen molar-refractivity contribution in [1.82, 2.24) is 15.3 Å². The summed E-state index contributed by atoms with van der Waals surface area (Å²) in [4.78, 5) is 7.67. The lowest BCUT2D eigenvalue weighted by atomic mass is 9.92. The van der Waals surface area contributed by atoms with Gasteiger partial charge in [-0.25, -0.2) is 4.98 Å². The highest BCUT2D eigenvalue weighted by Gasteiger charge is 2.25. The maximum Gasteiger partial charge on any atom is 0.136 e. The molecule has 0 amide bonds. The summed E-state index contributed by atoms with van der Waals surface area (Å²) < 4.78 is 0. The number of para-hydroxylation sites is 2. The van der Waals surface area contributed by atoms with Gasteiger partial charge < -0.3 is 15.4 Å². The first-order valence-electron chi connectivity index (χ1n) is 6.18. The molecule has 0 aliphatic carbocycles. The van der Waals surface area contributed by atoms with Crippen LogP contribution in [0.3, 0.4) is 0 Å². The average molecular weight is 304 g/mol. The summed E-state index contributed by atoms with van der Waals surface area (Å²) in [6.07, 6.45) is 1.56. The summed E-state index contributed by atoms with van der Waals surface area (Å²) in [6, 6.07) is 7.89. The number of benzene rings is 1. The van der Waals surface area contributed by atoms with Crippen LogP contribution in [0.1, 0.15) is 24.8 Å². The second-order valence-corrected chi connectivity index (χ2v) is 4.67. The van der Waals surface area contributed by atoms with Crippen molar-refractivity contribution < 1.29 is 5.11 Å². The Morgan fingerprint density at radius 1 is 1.16 bits per heavy atom. The van der Waals surface area contributed by atoms with E-state index in [1.165, 1.54) is 0 Å². The molecular formula is C13H19Cl2N3O. The predicted molar refractivity (Wildman–Crippen MR) is 81.1 cm³/mol. The van der Waals surface area contributed by atoms with Crippen LogP contribution < -0.4 is 5.32 Å².